The molecule has 6 heteroatoms. The summed E-state index contributed by atoms with van der Waals surface area (Å²) in [7, 11) is 3.86. The molecule has 0 unspecified atom stereocenters. The minimum absolute atomic E-state index is 0.169. The van der Waals surface area contributed by atoms with E-state index in [4.69, 9.17) is 0 Å². The molecule has 1 heterocycles. The molecule has 24 heavy (non-hydrogen) atoms. The highest BCUT2D eigenvalue weighted by Gasteiger charge is 2.20. The van der Waals surface area contributed by atoms with Crippen LogP contribution in [0.3, 0.4) is 0 Å². The van der Waals surface area contributed by atoms with E-state index in [1.165, 1.54) is 12.8 Å². The highest BCUT2D eigenvalue weighted by atomic mass is 19.1. The summed E-state index contributed by atoms with van der Waals surface area (Å²) in [5.41, 5.74) is 1.60. The molecule has 2 N–H and O–H groups in total. The van der Waals surface area contributed by atoms with Gasteiger partial charge in [0.15, 0.2) is 0 Å². The van der Waals surface area contributed by atoms with E-state index in [-0.39, 0.29) is 5.82 Å². The van der Waals surface area contributed by atoms with E-state index in [0.717, 1.165) is 29.7 Å². The SMILES string of the molecule is CN(C)Cc1ccc(CNc2cc(NCC3CC3)ncn2)cc1F. The van der Waals surface area contributed by atoms with Gasteiger partial charge in [-0.3, -0.25) is 0 Å². The van der Waals surface area contributed by atoms with Crippen molar-refractivity contribution in [3.8, 4) is 0 Å². The molecule has 1 aromatic heterocycles. The zero-order valence-electron chi connectivity index (χ0n) is 14.2. The molecule has 5 nitrogen and oxygen atoms in total. The first-order valence-electron chi connectivity index (χ1n) is 8.32. The van der Waals surface area contributed by atoms with Crippen molar-refractivity contribution >= 4 is 11.6 Å². The lowest BCUT2D eigenvalue weighted by Crippen LogP contribution is -2.12. The molecule has 0 saturated heterocycles. The number of anilines is 2. The minimum Gasteiger partial charge on any atom is -0.370 e. The Morgan fingerprint density at radius 3 is 2.54 bits per heavy atom. The fraction of sp³-hybridized carbons (Fsp3) is 0.444. The van der Waals surface area contributed by atoms with Gasteiger partial charge in [0.05, 0.1) is 0 Å². The van der Waals surface area contributed by atoms with Gasteiger partial charge >= 0.3 is 0 Å². The summed E-state index contributed by atoms with van der Waals surface area (Å²) in [4.78, 5) is 10.4. The Morgan fingerprint density at radius 1 is 1.12 bits per heavy atom. The Kier molecular flexibility index (Phi) is 5.25. The van der Waals surface area contributed by atoms with Crippen LogP contribution in [0, 0.1) is 11.7 Å². The molecule has 3 rings (SSSR count). The third-order valence-electron chi connectivity index (χ3n) is 4.01. The average molecular weight is 329 g/mol. The van der Waals surface area contributed by atoms with Gasteiger partial charge in [-0.15, -0.1) is 0 Å². The maximum absolute atomic E-state index is 14.1. The lowest BCUT2D eigenvalue weighted by atomic mass is 10.1. The molecule has 1 saturated carbocycles. The molecule has 0 aliphatic heterocycles. The van der Waals surface area contributed by atoms with Crippen LogP contribution >= 0.6 is 0 Å². The van der Waals surface area contributed by atoms with Crippen molar-refractivity contribution < 1.29 is 4.39 Å². The Labute approximate surface area is 142 Å². The molecule has 0 amide bonds. The van der Waals surface area contributed by atoms with Gasteiger partial charge < -0.3 is 15.5 Å². The van der Waals surface area contributed by atoms with Crippen LogP contribution in [0.2, 0.25) is 0 Å². The normalized spacial score (nSPS) is 14.0. The molecule has 0 bridgehead atoms. The maximum atomic E-state index is 14.1. The van der Waals surface area contributed by atoms with Gasteiger partial charge in [-0.1, -0.05) is 12.1 Å². The third-order valence-corrected chi connectivity index (χ3v) is 4.01. The summed E-state index contributed by atoms with van der Waals surface area (Å²) < 4.78 is 14.1. The van der Waals surface area contributed by atoms with Crippen molar-refractivity contribution in [2.75, 3.05) is 31.3 Å². The van der Waals surface area contributed by atoms with Gasteiger partial charge in [0, 0.05) is 31.3 Å². The predicted molar refractivity (Wildman–Crippen MR) is 94.4 cm³/mol. The minimum atomic E-state index is -0.169. The fourth-order valence-corrected chi connectivity index (χ4v) is 2.48. The maximum Gasteiger partial charge on any atom is 0.131 e. The first-order valence-corrected chi connectivity index (χ1v) is 8.32. The number of aromatic nitrogens is 2. The average Bonchev–Trinajstić information content (AvgIpc) is 3.38. The van der Waals surface area contributed by atoms with E-state index >= 15 is 0 Å². The van der Waals surface area contributed by atoms with E-state index in [9.17, 15) is 4.39 Å². The van der Waals surface area contributed by atoms with Crippen LogP contribution in [-0.2, 0) is 13.1 Å². The van der Waals surface area contributed by atoms with E-state index in [1.54, 1.807) is 12.4 Å². The van der Waals surface area contributed by atoms with Crippen LogP contribution < -0.4 is 10.6 Å². The number of benzene rings is 1. The third kappa shape index (κ3) is 4.89. The number of nitrogens with zero attached hydrogens (tertiary/aromatic N) is 3. The molecule has 1 aliphatic rings. The molecule has 128 valence electrons. The second kappa shape index (κ2) is 7.57. The lowest BCUT2D eigenvalue weighted by Gasteiger charge is -2.12. The molecular formula is C18H24FN5. The van der Waals surface area contributed by atoms with Gasteiger partial charge in [-0.05, 0) is 44.5 Å². The molecule has 0 atom stereocenters. The Balaban J connectivity index is 1.56. The Hall–Kier alpha value is -2.21. The first-order chi connectivity index (χ1) is 11.6. The highest BCUT2D eigenvalue weighted by molar-refractivity contribution is 5.47. The highest BCUT2D eigenvalue weighted by Crippen LogP contribution is 2.28. The quantitative estimate of drug-likeness (QED) is 0.779. The summed E-state index contributed by atoms with van der Waals surface area (Å²) in [6.07, 6.45) is 4.15. The standard InChI is InChI=1S/C18H24FN5/c1-24(2)11-15-6-5-14(7-16(15)19)10-21-18-8-17(22-12-23-18)20-9-13-3-4-13/h5-8,12-13H,3-4,9-11H2,1-2H3,(H2,20,21,22,23). The zero-order valence-corrected chi connectivity index (χ0v) is 14.2. The molecule has 0 radical (unpaired) electrons. The molecule has 2 aromatic rings. The number of nitrogens with one attached hydrogen (secondary N) is 2. The van der Waals surface area contributed by atoms with Crippen molar-refractivity contribution in [1.29, 1.82) is 0 Å². The van der Waals surface area contributed by atoms with Gasteiger partial charge in [0.1, 0.15) is 23.8 Å². The second-order valence-electron chi connectivity index (χ2n) is 6.63. The van der Waals surface area contributed by atoms with E-state index in [2.05, 4.69) is 20.6 Å². The van der Waals surface area contributed by atoms with Crippen LogP contribution in [0.5, 0.6) is 0 Å². The monoisotopic (exact) mass is 329 g/mol. The smallest absolute Gasteiger partial charge is 0.131 e. The van der Waals surface area contributed by atoms with Gasteiger partial charge in [-0.25, -0.2) is 14.4 Å². The summed E-state index contributed by atoms with van der Waals surface area (Å²) in [5.74, 6) is 2.19. The van der Waals surface area contributed by atoms with Crippen molar-refractivity contribution in [2.45, 2.75) is 25.9 Å². The van der Waals surface area contributed by atoms with Crippen LogP contribution in [0.4, 0.5) is 16.0 Å². The predicted octanol–water partition coefficient (Wildman–Crippen LogP) is 3.11. The number of halogens is 1. The van der Waals surface area contributed by atoms with Crippen LogP contribution in [-0.4, -0.2) is 35.5 Å². The number of hydrogen-bond donors (Lipinski definition) is 2. The summed E-state index contributed by atoms with van der Waals surface area (Å²) >= 11 is 0. The fourth-order valence-electron chi connectivity index (χ4n) is 2.48. The Bertz CT molecular complexity index is 685. The van der Waals surface area contributed by atoms with Gasteiger partial charge in [0.2, 0.25) is 0 Å². The topological polar surface area (TPSA) is 53.1 Å². The first kappa shape index (κ1) is 16.6. The van der Waals surface area contributed by atoms with Crippen molar-refractivity contribution in [2.24, 2.45) is 5.92 Å². The molecular weight excluding hydrogens is 305 g/mol. The van der Waals surface area contributed by atoms with Crippen molar-refractivity contribution in [3.63, 3.8) is 0 Å². The van der Waals surface area contributed by atoms with Crippen LogP contribution in [0.25, 0.3) is 0 Å². The van der Waals surface area contributed by atoms with Crippen molar-refractivity contribution in [3.05, 3.63) is 47.5 Å². The summed E-state index contributed by atoms with van der Waals surface area (Å²) in [6, 6.07) is 7.26. The summed E-state index contributed by atoms with van der Waals surface area (Å²) in [5, 5.41) is 6.55. The second-order valence-corrected chi connectivity index (χ2v) is 6.63. The molecule has 1 aromatic carbocycles. The lowest BCUT2D eigenvalue weighted by molar-refractivity contribution is 0.392. The molecule has 1 fully saturated rings. The summed E-state index contributed by atoms with van der Waals surface area (Å²) in [6.45, 7) is 2.09. The van der Waals surface area contributed by atoms with E-state index in [1.807, 2.05) is 37.2 Å². The number of hydrogen-bond acceptors (Lipinski definition) is 5. The Morgan fingerprint density at radius 2 is 1.88 bits per heavy atom. The van der Waals surface area contributed by atoms with Gasteiger partial charge in [-0.2, -0.15) is 0 Å². The molecule has 0 spiro atoms. The van der Waals surface area contributed by atoms with E-state index < -0.39 is 0 Å². The number of rotatable bonds is 8. The van der Waals surface area contributed by atoms with Crippen LogP contribution in [0.15, 0.2) is 30.6 Å². The van der Waals surface area contributed by atoms with Crippen LogP contribution in [0.1, 0.15) is 24.0 Å². The zero-order chi connectivity index (χ0) is 16.9. The van der Waals surface area contributed by atoms with E-state index in [0.29, 0.717) is 18.7 Å². The molecule has 1 aliphatic carbocycles. The van der Waals surface area contributed by atoms with Crippen molar-refractivity contribution in [1.82, 2.24) is 14.9 Å². The largest absolute Gasteiger partial charge is 0.370 e. The van der Waals surface area contributed by atoms with Gasteiger partial charge in [0.25, 0.3) is 0 Å².